The fourth-order valence-corrected chi connectivity index (χ4v) is 10.5. The fraction of sp³-hybridized carbons (Fsp3) is 0.0156. The quantitative estimate of drug-likeness (QED) is 0.153. The van der Waals surface area contributed by atoms with Crippen molar-refractivity contribution in [3.63, 3.8) is 0 Å². The average molecular weight is 868 g/mol. The summed E-state index contributed by atoms with van der Waals surface area (Å²) in [6, 6.07) is 88.7. The smallest absolute Gasteiger partial charge is 0.164 e. The molecular formula is C64H41N3O. The van der Waals surface area contributed by atoms with E-state index in [2.05, 4.69) is 176 Å². The van der Waals surface area contributed by atoms with Crippen LogP contribution in [0.1, 0.15) is 22.3 Å². The number of furan rings is 1. The van der Waals surface area contributed by atoms with Crippen LogP contribution in [0.4, 0.5) is 0 Å². The van der Waals surface area contributed by atoms with E-state index in [0.29, 0.717) is 17.5 Å². The van der Waals surface area contributed by atoms with E-state index in [1.807, 2.05) is 72.8 Å². The predicted octanol–water partition coefficient (Wildman–Crippen LogP) is 16.1. The second-order valence-corrected chi connectivity index (χ2v) is 17.5. The molecule has 0 unspecified atom stereocenters. The maximum Gasteiger partial charge on any atom is 0.164 e. The molecule has 318 valence electrons. The van der Waals surface area contributed by atoms with Crippen molar-refractivity contribution in [3.8, 4) is 78.7 Å². The molecule has 0 saturated heterocycles. The van der Waals surface area contributed by atoms with E-state index >= 15 is 0 Å². The van der Waals surface area contributed by atoms with E-state index in [-0.39, 0.29) is 0 Å². The summed E-state index contributed by atoms with van der Waals surface area (Å²) in [5.41, 5.74) is 18.3. The molecule has 68 heavy (non-hydrogen) atoms. The van der Waals surface area contributed by atoms with Crippen molar-refractivity contribution >= 4 is 21.9 Å². The lowest BCUT2D eigenvalue weighted by Gasteiger charge is -2.34. The second kappa shape index (κ2) is 16.2. The van der Waals surface area contributed by atoms with Crippen LogP contribution in [0.15, 0.2) is 253 Å². The van der Waals surface area contributed by atoms with Gasteiger partial charge in [-0.15, -0.1) is 0 Å². The van der Waals surface area contributed by atoms with Crippen molar-refractivity contribution < 1.29 is 4.42 Å². The third kappa shape index (κ3) is 6.49. The first kappa shape index (κ1) is 39.4. The zero-order chi connectivity index (χ0) is 45.0. The molecule has 0 atom stereocenters. The van der Waals surface area contributed by atoms with Crippen LogP contribution in [0, 0.1) is 0 Å². The van der Waals surface area contributed by atoms with Gasteiger partial charge in [0, 0.05) is 27.5 Å². The molecule has 0 aliphatic heterocycles. The lowest BCUT2D eigenvalue weighted by atomic mass is 9.67. The molecule has 0 bridgehead atoms. The van der Waals surface area contributed by atoms with Gasteiger partial charge in [-0.05, 0) is 103 Å². The fourth-order valence-electron chi connectivity index (χ4n) is 10.5. The van der Waals surface area contributed by atoms with Crippen molar-refractivity contribution in [2.45, 2.75) is 5.41 Å². The van der Waals surface area contributed by atoms with Gasteiger partial charge in [0.15, 0.2) is 17.5 Å². The number of para-hydroxylation sites is 1. The summed E-state index contributed by atoms with van der Waals surface area (Å²) in [6.07, 6.45) is 0. The normalized spacial score (nSPS) is 12.5. The van der Waals surface area contributed by atoms with Gasteiger partial charge >= 0.3 is 0 Å². The number of fused-ring (bicyclic) bond motifs is 6. The molecule has 0 saturated carbocycles. The summed E-state index contributed by atoms with van der Waals surface area (Å²) in [5, 5.41) is 2.22. The number of benzene rings is 10. The minimum Gasteiger partial charge on any atom is -0.456 e. The van der Waals surface area contributed by atoms with Crippen LogP contribution in [0.5, 0.6) is 0 Å². The molecular weight excluding hydrogens is 827 g/mol. The summed E-state index contributed by atoms with van der Waals surface area (Å²) < 4.78 is 6.34. The maximum absolute atomic E-state index is 6.34. The van der Waals surface area contributed by atoms with Crippen molar-refractivity contribution in [2.75, 3.05) is 0 Å². The van der Waals surface area contributed by atoms with Crippen LogP contribution in [-0.2, 0) is 5.41 Å². The molecule has 10 aromatic carbocycles. The number of hydrogen-bond acceptors (Lipinski definition) is 4. The third-order valence-electron chi connectivity index (χ3n) is 13.6. The first-order valence-corrected chi connectivity index (χ1v) is 23.1. The Kier molecular flexibility index (Phi) is 9.36. The average Bonchev–Trinajstić information content (AvgIpc) is 3.94. The summed E-state index contributed by atoms with van der Waals surface area (Å²) in [7, 11) is 0. The molecule has 2 aromatic heterocycles. The number of hydrogen-bond donors (Lipinski definition) is 0. The van der Waals surface area contributed by atoms with E-state index in [1.165, 1.54) is 33.4 Å². The molecule has 0 spiro atoms. The van der Waals surface area contributed by atoms with Crippen molar-refractivity contribution in [3.05, 3.63) is 271 Å². The highest BCUT2D eigenvalue weighted by Gasteiger charge is 2.46. The van der Waals surface area contributed by atoms with Crippen LogP contribution in [0.3, 0.4) is 0 Å². The monoisotopic (exact) mass is 867 g/mol. The van der Waals surface area contributed by atoms with Gasteiger partial charge in [0.25, 0.3) is 0 Å². The molecule has 0 amide bonds. The molecule has 13 rings (SSSR count). The molecule has 12 aromatic rings. The van der Waals surface area contributed by atoms with Gasteiger partial charge in [0.1, 0.15) is 11.2 Å². The van der Waals surface area contributed by atoms with E-state index in [1.54, 1.807) is 0 Å². The Bertz CT molecular complexity index is 3730. The Balaban J connectivity index is 0.981. The Hall–Kier alpha value is -8.99. The lowest BCUT2D eigenvalue weighted by Crippen LogP contribution is -2.28. The van der Waals surface area contributed by atoms with Crippen molar-refractivity contribution in [1.29, 1.82) is 0 Å². The van der Waals surface area contributed by atoms with Crippen LogP contribution in [0.25, 0.3) is 101 Å². The van der Waals surface area contributed by atoms with E-state index in [0.717, 1.165) is 72.0 Å². The Morgan fingerprint density at radius 3 is 1.44 bits per heavy atom. The first-order chi connectivity index (χ1) is 33.7. The van der Waals surface area contributed by atoms with Gasteiger partial charge < -0.3 is 4.42 Å². The highest BCUT2D eigenvalue weighted by atomic mass is 16.3. The molecule has 0 N–H and O–H groups in total. The number of rotatable bonds is 8. The van der Waals surface area contributed by atoms with Gasteiger partial charge in [0.05, 0.1) is 5.41 Å². The SMILES string of the molecule is c1ccc(-c2nc(-c3ccccc3)nc(-c3cccc(-c4ccc(-c5cc6c(cc5-c5ccc7oc8ccccc8c7c5)-c5ccccc5C6(c5ccccc5)c5ccccc5)cc4)c3)n2)cc1. The zero-order valence-electron chi connectivity index (χ0n) is 36.9. The summed E-state index contributed by atoms with van der Waals surface area (Å²) in [5.74, 6) is 1.91. The van der Waals surface area contributed by atoms with Gasteiger partial charge in [0.2, 0.25) is 0 Å². The standard InChI is InChI=1S/C64H41N3O/c1-5-18-44(19-6-1)61-65-62(45-20-7-2-8-21-45)67-63(66-61)48-23-17-22-46(38-48)42-32-34-43(35-33-42)54-41-58-55(40-53(54)47-36-37-60-56(39-47)52-29-14-16-31-59(52)68-60)51-28-13-15-30-57(51)64(58,49-24-9-3-10-25-49)50-26-11-4-12-27-50/h1-41H. The molecule has 0 fully saturated rings. The Labute approximate surface area is 394 Å². The maximum atomic E-state index is 6.34. The molecule has 4 nitrogen and oxygen atoms in total. The topological polar surface area (TPSA) is 51.8 Å². The highest BCUT2D eigenvalue weighted by Crippen LogP contribution is 2.58. The third-order valence-corrected chi connectivity index (χ3v) is 13.6. The number of aromatic nitrogens is 3. The largest absolute Gasteiger partial charge is 0.456 e. The van der Waals surface area contributed by atoms with Crippen LogP contribution < -0.4 is 0 Å². The van der Waals surface area contributed by atoms with Gasteiger partial charge in [-0.2, -0.15) is 0 Å². The van der Waals surface area contributed by atoms with E-state index in [9.17, 15) is 0 Å². The van der Waals surface area contributed by atoms with Gasteiger partial charge in [-0.3, -0.25) is 0 Å². The summed E-state index contributed by atoms with van der Waals surface area (Å²) in [6.45, 7) is 0. The molecule has 4 heteroatoms. The van der Waals surface area contributed by atoms with Crippen molar-refractivity contribution in [1.82, 2.24) is 15.0 Å². The lowest BCUT2D eigenvalue weighted by molar-refractivity contribution is 0.669. The predicted molar refractivity (Wildman–Crippen MR) is 277 cm³/mol. The van der Waals surface area contributed by atoms with Crippen LogP contribution in [-0.4, -0.2) is 15.0 Å². The Morgan fingerprint density at radius 2 is 0.765 bits per heavy atom. The first-order valence-electron chi connectivity index (χ1n) is 23.1. The Morgan fingerprint density at radius 1 is 0.265 bits per heavy atom. The van der Waals surface area contributed by atoms with Crippen LogP contribution >= 0.6 is 0 Å². The minimum atomic E-state index is -0.539. The summed E-state index contributed by atoms with van der Waals surface area (Å²) in [4.78, 5) is 15.0. The molecule has 0 radical (unpaired) electrons. The second-order valence-electron chi connectivity index (χ2n) is 17.5. The van der Waals surface area contributed by atoms with Crippen LogP contribution in [0.2, 0.25) is 0 Å². The van der Waals surface area contributed by atoms with Crippen molar-refractivity contribution in [2.24, 2.45) is 0 Å². The van der Waals surface area contributed by atoms with Gasteiger partial charge in [-0.1, -0.05) is 212 Å². The zero-order valence-corrected chi connectivity index (χ0v) is 36.9. The minimum absolute atomic E-state index is 0.539. The van der Waals surface area contributed by atoms with Gasteiger partial charge in [-0.25, -0.2) is 15.0 Å². The van der Waals surface area contributed by atoms with E-state index < -0.39 is 5.41 Å². The molecule has 1 aliphatic carbocycles. The highest BCUT2D eigenvalue weighted by molar-refractivity contribution is 6.07. The number of nitrogens with zero attached hydrogens (tertiary/aromatic N) is 3. The molecule has 2 heterocycles. The van der Waals surface area contributed by atoms with E-state index in [4.69, 9.17) is 19.4 Å². The summed E-state index contributed by atoms with van der Waals surface area (Å²) >= 11 is 0. The molecule has 1 aliphatic rings.